The first-order valence-corrected chi connectivity index (χ1v) is 15.9. The van der Waals surface area contributed by atoms with E-state index in [-0.39, 0.29) is 23.7 Å². The Balaban J connectivity index is 1.35. The number of amides is 1. The average Bonchev–Trinajstić information content (AvgIpc) is 3.64. The first-order valence-electron chi connectivity index (χ1n) is 15.9. The zero-order valence-electron chi connectivity index (χ0n) is 26.7. The molecule has 0 aromatic heterocycles. The van der Waals surface area contributed by atoms with Gasteiger partial charge in [0.1, 0.15) is 11.7 Å². The minimum absolute atomic E-state index is 0.169. The molecule has 9 nitrogen and oxygen atoms in total. The maximum atomic E-state index is 13.9. The molecule has 0 spiro atoms. The number of rotatable bonds is 12. The predicted octanol–water partition coefficient (Wildman–Crippen LogP) is 4.94. The van der Waals surface area contributed by atoms with E-state index in [0.717, 1.165) is 56.2 Å². The Hall–Kier alpha value is -4.28. The number of morpholine rings is 1. The lowest BCUT2D eigenvalue weighted by molar-refractivity contribution is -0.140. The molecule has 3 aliphatic heterocycles. The summed E-state index contributed by atoms with van der Waals surface area (Å²) in [7, 11) is 4.02. The van der Waals surface area contributed by atoms with E-state index in [9.17, 15) is 9.59 Å². The first-order chi connectivity index (χ1) is 22.4. The molecule has 1 amide bonds. The van der Waals surface area contributed by atoms with Crippen molar-refractivity contribution in [2.75, 3.05) is 57.6 Å². The Labute approximate surface area is 270 Å². The Morgan fingerprint density at radius 2 is 1.65 bits per heavy atom. The van der Waals surface area contributed by atoms with Crippen LogP contribution in [0.2, 0.25) is 0 Å². The number of esters is 1. The smallest absolute Gasteiger partial charge is 0.337 e. The van der Waals surface area contributed by atoms with Crippen LogP contribution >= 0.6 is 0 Å². The van der Waals surface area contributed by atoms with E-state index >= 15 is 0 Å². The van der Waals surface area contributed by atoms with Crippen molar-refractivity contribution in [3.63, 3.8) is 0 Å². The molecule has 1 fully saturated rings. The summed E-state index contributed by atoms with van der Waals surface area (Å²) in [6.45, 7) is 6.85. The second-order valence-corrected chi connectivity index (χ2v) is 12.2. The van der Waals surface area contributed by atoms with Crippen LogP contribution in [-0.2, 0) is 36.9 Å². The lowest BCUT2D eigenvalue weighted by Gasteiger charge is -2.36. The third-order valence-corrected chi connectivity index (χ3v) is 8.56. The molecule has 3 aromatic rings. The summed E-state index contributed by atoms with van der Waals surface area (Å²) in [5.74, 6) is -0.955. The van der Waals surface area contributed by atoms with E-state index in [1.807, 2.05) is 80.8 Å². The molecule has 3 heterocycles. The van der Waals surface area contributed by atoms with E-state index in [1.165, 1.54) is 5.56 Å². The molecule has 0 aliphatic carbocycles. The summed E-state index contributed by atoms with van der Waals surface area (Å²) in [5, 5.41) is 6.64. The minimum atomic E-state index is -1.28. The standard InChI is InChI=1S/C37H42N4O5/c1-4-45-36(43)33-32(35(42)39-30-16-12-26(13-17-30)24-40(2)3)31-18-19-37(33,46-31)34(38-29-8-6-5-7-9-29)28-14-10-27(11-15-28)25-41-20-22-44-23-21-41/h5-19,31,34,38H,4,20-25H2,1-3H3,(H,39,42). The van der Waals surface area contributed by atoms with Crippen molar-refractivity contribution < 1.29 is 23.8 Å². The van der Waals surface area contributed by atoms with Gasteiger partial charge in [-0.2, -0.15) is 0 Å². The zero-order chi connectivity index (χ0) is 32.1. The van der Waals surface area contributed by atoms with Gasteiger partial charge < -0.3 is 29.7 Å². The number of ether oxygens (including phenoxy) is 3. The van der Waals surface area contributed by atoms with Gasteiger partial charge in [-0.1, -0.05) is 60.7 Å². The van der Waals surface area contributed by atoms with Crippen molar-refractivity contribution in [3.05, 3.63) is 119 Å². The highest BCUT2D eigenvalue weighted by Gasteiger charge is 2.58. The summed E-state index contributed by atoms with van der Waals surface area (Å²) >= 11 is 0. The number of nitrogens with one attached hydrogen (secondary N) is 2. The number of nitrogens with zero attached hydrogens (tertiary/aromatic N) is 2. The van der Waals surface area contributed by atoms with Crippen LogP contribution in [0.3, 0.4) is 0 Å². The molecule has 240 valence electrons. The van der Waals surface area contributed by atoms with Crippen LogP contribution in [0.1, 0.15) is 29.7 Å². The fraction of sp³-hybridized carbons (Fsp3) is 0.351. The van der Waals surface area contributed by atoms with Crippen LogP contribution in [0.25, 0.3) is 0 Å². The average molecular weight is 623 g/mol. The van der Waals surface area contributed by atoms with Gasteiger partial charge in [-0.3, -0.25) is 9.69 Å². The highest BCUT2D eigenvalue weighted by molar-refractivity contribution is 6.12. The van der Waals surface area contributed by atoms with E-state index < -0.39 is 23.7 Å². The molecular weight excluding hydrogens is 580 g/mol. The van der Waals surface area contributed by atoms with Crippen LogP contribution in [-0.4, -0.2) is 80.4 Å². The molecule has 6 rings (SSSR count). The van der Waals surface area contributed by atoms with Gasteiger partial charge in [-0.05, 0) is 68.1 Å². The molecule has 9 heteroatoms. The van der Waals surface area contributed by atoms with Crippen LogP contribution in [0, 0.1) is 0 Å². The van der Waals surface area contributed by atoms with E-state index in [1.54, 1.807) is 6.92 Å². The summed E-state index contributed by atoms with van der Waals surface area (Å²) in [4.78, 5) is 32.2. The van der Waals surface area contributed by atoms with Crippen LogP contribution in [0.4, 0.5) is 11.4 Å². The highest BCUT2D eigenvalue weighted by Crippen LogP contribution is 2.51. The molecule has 3 atom stereocenters. The summed E-state index contributed by atoms with van der Waals surface area (Å²) in [6.07, 6.45) is 3.07. The van der Waals surface area contributed by atoms with Gasteiger partial charge in [0.25, 0.3) is 5.91 Å². The highest BCUT2D eigenvalue weighted by atomic mass is 16.5. The van der Waals surface area contributed by atoms with Crippen LogP contribution in [0.15, 0.2) is 102 Å². The Kier molecular flexibility index (Phi) is 9.65. The van der Waals surface area contributed by atoms with Gasteiger partial charge in [0.05, 0.1) is 37.0 Å². The quantitative estimate of drug-likeness (QED) is 0.217. The Bertz CT molecular complexity index is 1580. The van der Waals surface area contributed by atoms with Gasteiger partial charge >= 0.3 is 5.97 Å². The number of carbonyl (C=O) groups excluding carboxylic acids is 2. The molecule has 0 saturated carbocycles. The van der Waals surface area contributed by atoms with Gasteiger partial charge in [-0.25, -0.2) is 4.79 Å². The summed E-state index contributed by atoms with van der Waals surface area (Å²) in [5.41, 5.74) is 3.94. The number of fused-ring (bicyclic) bond motifs is 2. The number of benzene rings is 3. The topological polar surface area (TPSA) is 92.4 Å². The van der Waals surface area contributed by atoms with Crippen molar-refractivity contribution >= 4 is 23.3 Å². The third-order valence-electron chi connectivity index (χ3n) is 8.56. The Morgan fingerprint density at radius 3 is 2.33 bits per heavy atom. The SMILES string of the molecule is CCOC(=O)C1=C(C(=O)Nc2ccc(CN(C)C)cc2)C2C=CC1(C(Nc1ccccc1)c1ccc(CN3CCOCC3)cc1)O2. The molecule has 2 bridgehead atoms. The van der Waals surface area contributed by atoms with E-state index in [2.05, 4.69) is 44.7 Å². The number of hydrogen-bond donors (Lipinski definition) is 2. The van der Waals surface area contributed by atoms with Crippen molar-refractivity contribution in [3.8, 4) is 0 Å². The normalized spacial score (nSPS) is 21.4. The summed E-state index contributed by atoms with van der Waals surface area (Å²) in [6, 6.07) is 25.4. The monoisotopic (exact) mass is 622 g/mol. The molecule has 3 aliphatic rings. The van der Waals surface area contributed by atoms with Crippen molar-refractivity contribution in [1.82, 2.24) is 9.80 Å². The summed E-state index contributed by atoms with van der Waals surface area (Å²) < 4.78 is 17.8. The number of carbonyl (C=O) groups is 2. The first kappa shape index (κ1) is 31.7. The molecular formula is C37H42N4O5. The zero-order valence-corrected chi connectivity index (χ0v) is 26.7. The second kappa shape index (κ2) is 14.0. The largest absolute Gasteiger partial charge is 0.463 e. The third kappa shape index (κ3) is 6.78. The Morgan fingerprint density at radius 1 is 0.957 bits per heavy atom. The molecule has 3 aromatic carbocycles. The molecule has 0 radical (unpaired) electrons. The van der Waals surface area contributed by atoms with Crippen molar-refractivity contribution in [1.29, 1.82) is 0 Å². The van der Waals surface area contributed by atoms with Crippen molar-refractivity contribution in [2.45, 2.75) is 37.8 Å². The second-order valence-electron chi connectivity index (χ2n) is 12.2. The van der Waals surface area contributed by atoms with E-state index in [4.69, 9.17) is 14.2 Å². The molecule has 46 heavy (non-hydrogen) atoms. The van der Waals surface area contributed by atoms with Crippen LogP contribution in [0.5, 0.6) is 0 Å². The fourth-order valence-corrected chi connectivity index (χ4v) is 6.42. The van der Waals surface area contributed by atoms with Gasteiger partial charge in [-0.15, -0.1) is 0 Å². The maximum Gasteiger partial charge on any atom is 0.337 e. The molecule has 1 saturated heterocycles. The molecule has 2 N–H and O–H groups in total. The lowest BCUT2D eigenvalue weighted by atomic mass is 9.78. The predicted molar refractivity (Wildman–Crippen MR) is 178 cm³/mol. The van der Waals surface area contributed by atoms with Gasteiger partial charge in [0.15, 0.2) is 0 Å². The van der Waals surface area contributed by atoms with Gasteiger partial charge in [0.2, 0.25) is 0 Å². The van der Waals surface area contributed by atoms with E-state index in [0.29, 0.717) is 5.69 Å². The maximum absolute atomic E-state index is 13.9. The molecule has 3 unspecified atom stereocenters. The number of para-hydroxylation sites is 1. The van der Waals surface area contributed by atoms with Crippen LogP contribution < -0.4 is 10.6 Å². The van der Waals surface area contributed by atoms with Crippen molar-refractivity contribution in [2.24, 2.45) is 0 Å². The number of hydrogen-bond acceptors (Lipinski definition) is 8. The minimum Gasteiger partial charge on any atom is -0.463 e. The van der Waals surface area contributed by atoms with Gasteiger partial charge in [0, 0.05) is 37.6 Å². The number of anilines is 2. The lowest BCUT2D eigenvalue weighted by Crippen LogP contribution is -2.42. The fourth-order valence-electron chi connectivity index (χ4n) is 6.42.